The number of aromatic nitrogens is 2. The van der Waals surface area contributed by atoms with Crippen molar-refractivity contribution < 1.29 is 4.74 Å². The number of fused-ring (bicyclic) bond motifs is 1. The highest BCUT2D eigenvalue weighted by atomic mass is 127. The lowest BCUT2D eigenvalue weighted by atomic mass is 10.1. The summed E-state index contributed by atoms with van der Waals surface area (Å²) >= 11 is 0. The van der Waals surface area contributed by atoms with Gasteiger partial charge in [-0.15, -0.1) is 24.0 Å². The van der Waals surface area contributed by atoms with Crippen LogP contribution < -0.4 is 5.32 Å². The number of para-hydroxylation sites is 2. The highest BCUT2D eigenvalue weighted by molar-refractivity contribution is 14.0. The third-order valence-electron chi connectivity index (χ3n) is 4.75. The number of H-pyrrole nitrogens is 1. The van der Waals surface area contributed by atoms with Crippen molar-refractivity contribution in [3.8, 4) is 0 Å². The van der Waals surface area contributed by atoms with Crippen molar-refractivity contribution >= 4 is 41.0 Å². The number of ether oxygens (including phenoxy) is 1. The molecule has 0 unspecified atom stereocenters. The number of piperidine rings is 1. The number of likely N-dealkylation sites (tertiary alicyclic amines) is 1. The fraction of sp³-hybridized carbons (Fsp3) is 0.600. The third kappa shape index (κ3) is 6.34. The fourth-order valence-electron chi connectivity index (χ4n) is 3.45. The molecule has 27 heavy (non-hydrogen) atoms. The molecule has 1 aromatic heterocycles. The molecule has 150 valence electrons. The first kappa shape index (κ1) is 21.9. The average Bonchev–Trinajstić information content (AvgIpc) is 3.08. The van der Waals surface area contributed by atoms with Gasteiger partial charge in [-0.3, -0.25) is 4.99 Å². The molecule has 0 bridgehead atoms. The van der Waals surface area contributed by atoms with E-state index < -0.39 is 0 Å². The summed E-state index contributed by atoms with van der Waals surface area (Å²) in [5.74, 6) is 2.08. The number of rotatable bonds is 7. The Morgan fingerprint density at radius 1 is 1.30 bits per heavy atom. The van der Waals surface area contributed by atoms with Crippen molar-refractivity contribution in [3.63, 3.8) is 0 Å². The smallest absolute Gasteiger partial charge is 0.193 e. The number of guanidine groups is 1. The molecule has 1 aliphatic rings. The standard InChI is InChI=1S/C20H31N5O.HI/c1-3-21-20(25-14-11-16(12-15-25)26-4-2)22-13-7-10-19-23-17-8-5-6-9-18(17)24-19;/h5-6,8-9,16H,3-4,7,10-15H2,1-2H3,(H,21,22)(H,23,24);1H. The molecule has 1 saturated heterocycles. The van der Waals surface area contributed by atoms with Crippen molar-refractivity contribution in [3.05, 3.63) is 30.1 Å². The molecule has 3 rings (SSSR count). The summed E-state index contributed by atoms with van der Waals surface area (Å²) in [5.41, 5.74) is 2.15. The number of hydrogen-bond donors (Lipinski definition) is 2. The lowest BCUT2D eigenvalue weighted by Gasteiger charge is -2.34. The maximum absolute atomic E-state index is 5.75. The van der Waals surface area contributed by atoms with Crippen LogP contribution in [0.4, 0.5) is 0 Å². The van der Waals surface area contributed by atoms with Gasteiger partial charge in [-0.05, 0) is 45.2 Å². The summed E-state index contributed by atoms with van der Waals surface area (Å²) in [6, 6.07) is 8.17. The molecule has 7 heteroatoms. The molecule has 0 aliphatic carbocycles. The van der Waals surface area contributed by atoms with E-state index in [-0.39, 0.29) is 24.0 Å². The maximum atomic E-state index is 5.75. The number of aryl methyl sites for hydroxylation is 1. The first-order valence-corrected chi connectivity index (χ1v) is 9.88. The van der Waals surface area contributed by atoms with E-state index in [9.17, 15) is 0 Å². The predicted molar refractivity (Wildman–Crippen MR) is 122 cm³/mol. The maximum Gasteiger partial charge on any atom is 0.193 e. The first-order chi connectivity index (χ1) is 12.8. The lowest BCUT2D eigenvalue weighted by Crippen LogP contribution is -2.47. The molecule has 1 aromatic carbocycles. The molecule has 1 fully saturated rings. The number of imidazole rings is 1. The van der Waals surface area contributed by atoms with Crippen LogP contribution in [0, 0.1) is 0 Å². The average molecular weight is 485 g/mol. The van der Waals surface area contributed by atoms with Crippen molar-refractivity contribution in [2.24, 2.45) is 4.99 Å². The Labute approximate surface area is 179 Å². The minimum Gasteiger partial charge on any atom is -0.378 e. The normalized spacial score (nSPS) is 15.8. The minimum atomic E-state index is 0. The summed E-state index contributed by atoms with van der Waals surface area (Å²) < 4.78 is 5.75. The summed E-state index contributed by atoms with van der Waals surface area (Å²) in [7, 11) is 0. The number of benzene rings is 1. The van der Waals surface area contributed by atoms with Crippen molar-refractivity contribution in [2.45, 2.75) is 45.6 Å². The van der Waals surface area contributed by atoms with E-state index in [1.54, 1.807) is 0 Å². The molecule has 0 saturated carbocycles. The zero-order valence-corrected chi connectivity index (χ0v) is 18.7. The van der Waals surface area contributed by atoms with Crippen LogP contribution in [0.5, 0.6) is 0 Å². The van der Waals surface area contributed by atoms with E-state index in [0.29, 0.717) is 6.10 Å². The number of hydrogen-bond acceptors (Lipinski definition) is 3. The van der Waals surface area contributed by atoms with Crippen LogP contribution in [-0.2, 0) is 11.2 Å². The third-order valence-corrected chi connectivity index (χ3v) is 4.75. The van der Waals surface area contributed by atoms with Crippen LogP contribution >= 0.6 is 24.0 Å². The van der Waals surface area contributed by atoms with E-state index in [0.717, 1.165) is 81.3 Å². The molecular formula is C20H32IN5O. The highest BCUT2D eigenvalue weighted by Gasteiger charge is 2.21. The van der Waals surface area contributed by atoms with E-state index >= 15 is 0 Å². The Morgan fingerprint density at radius 3 is 2.78 bits per heavy atom. The van der Waals surface area contributed by atoms with Crippen LogP contribution in [0.2, 0.25) is 0 Å². The fourth-order valence-corrected chi connectivity index (χ4v) is 3.45. The molecule has 2 N–H and O–H groups in total. The van der Waals surface area contributed by atoms with Crippen LogP contribution in [0.15, 0.2) is 29.3 Å². The Morgan fingerprint density at radius 2 is 2.07 bits per heavy atom. The number of aromatic amines is 1. The van der Waals surface area contributed by atoms with Gasteiger partial charge in [-0.2, -0.15) is 0 Å². The van der Waals surface area contributed by atoms with Crippen molar-refractivity contribution in [1.29, 1.82) is 0 Å². The SMILES string of the molecule is CCNC(=NCCCc1nc2ccccc2[nH]1)N1CCC(OCC)CC1.I. The van der Waals surface area contributed by atoms with Gasteiger partial charge in [-0.1, -0.05) is 12.1 Å². The van der Waals surface area contributed by atoms with Gasteiger partial charge in [-0.25, -0.2) is 4.98 Å². The van der Waals surface area contributed by atoms with E-state index in [2.05, 4.69) is 40.1 Å². The van der Waals surface area contributed by atoms with E-state index in [1.165, 1.54) is 0 Å². The van der Waals surface area contributed by atoms with Gasteiger partial charge in [0.15, 0.2) is 5.96 Å². The number of aliphatic imine (C=N–C) groups is 1. The highest BCUT2D eigenvalue weighted by Crippen LogP contribution is 2.14. The summed E-state index contributed by atoms with van der Waals surface area (Å²) in [6.07, 6.45) is 4.48. The Balaban J connectivity index is 0.00000261. The number of nitrogens with one attached hydrogen (secondary N) is 2. The second-order valence-electron chi connectivity index (χ2n) is 6.68. The lowest BCUT2D eigenvalue weighted by molar-refractivity contribution is 0.0264. The topological polar surface area (TPSA) is 65.5 Å². The molecule has 0 amide bonds. The predicted octanol–water partition coefficient (Wildman–Crippen LogP) is 3.58. The molecule has 2 heterocycles. The largest absolute Gasteiger partial charge is 0.378 e. The molecule has 0 atom stereocenters. The van der Waals surface area contributed by atoms with Gasteiger partial charge in [0.2, 0.25) is 0 Å². The van der Waals surface area contributed by atoms with Gasteiger partial charge >= 0.3 is 0 Å². The van der Waals surface area contributed by atoms with Crippen molar-refractivity contribution in [1.82, 2.24) is 20.2 Å². The van der Waals surface area contributed by atoms with Gasteiger partial charge in [0.1, 0.15) is 5.82 Å². The Bertz CT molecular complexity index is 676. The Kier molecular flexibility index (Phi) is 9.33. The second kappa shape index (κ2) is 11.5. The summed E-state index contributed by atoms with van der Waals surface area (Å²) in [5, 5.41) is 3.43. The molecule has 0 radical (unpaired) electrons. The van der Waals surface area contributed by atoms with Crippen LogP contribution in [0.1, 0.15) is 38.9 Å². The van der Waals surface area contributed by atoms with Crippen LogP contribution in [-0.4, -0.2) is 59.7 Å². The zero-order valence-electron chi connectivity index (χ0n) is 16.4. The van der Waals surface area contributed by atoms with Gasteiger partial charge in [0.05, 0.1) is 17.1 Å². The molecule has 6 nitrogen and oxygen atoms in total. The number of nitrogens with zero attached hydrogens (tertiary/aromatic N) is 3. The monoisotopic (exact) mass is 485 g/mol. The number of halogens is 1. The summed E-state index contributed by atoms with van der Waals surface area (Å²) in [4.78, 5) is 15.2. The zero-order chi connectivity index (χ0) is 18.2. The molecule has 2 aromatic rings. The van der Waals surface area contributed by atoms with Crippen LogP contribution in [0.3, 0.4) is 0 Å². The summed E-state index contributed by atoms with van der Waals surface area (Å²) in [6.45, 7) is 8.73. The van der Waals surface area contributed by atoms with Crippen LogP contribution in [0.25, 0.3) is 11.0 Å². The van der Waals surface area contributed by atoms with E-state index in [4.69, 9.17) is 9.73 Å². The van der Waals surface area contributed by atoms with Gasteiger partial charge in [0.25, 0.3) is 0 Å². The van der Waals surface area contributed by atoms with Gasteiger partial charge in [0, 0.05) is 39.2 Å². The van der Waals surface area contributed by atoms with Gasteiger partial charge < -0.3 is 19.9 Å². The van der Waals surface area contributed by atoms with E-state index in [1.807, 2.05) is 18.2 Å². The molecular weight excluding hydrogens is 453 g/mol. The van der Waals surface area contributed by atoms with Crippen molar-refractivity contribution in [2.75, 3.05) is 32.8 Å². The molecule has 1 aliphatic heterocycles. The molecule has 0 spiro atoms. The second-order valence-corrected chi connectivity index (χ2v) is 6.68. The Hall–Kier alpha value is -1.35. The quantitative estimate of drug-likeness (QED) is 0.273. The first-order valence-electron chi connectivity index (χ1n) is 9.88. The minimum absolute atomic E-state index is 0.